The lowest BCUT2D eigenvalue weighted by Gasteiger charge is -2.06. The van der Waals surface area contributed by atoms with Crippen molar-refractivity contribution in [3.8, 4) is 0 Å². The molecule has 0 aliphatic rings. The molecule has 0 aliphatic carbocycles. The minimum absolute atomic E-state index is 0.0274. The van der Waals surface area contributed by atoms with Crippen LogP contribution in [0, 0.1) is 0 Å². The van der Waals surface area contributed by atoms with E-state index >= 15 is 0 Å². The van der Waals surface area contributed by atoms with Crippen molar-refractivity contribution in [3.05, 3.63) is 44.3 Å². The van der Waals surface area contributed by atoms with Crippen molar-refractivity contribution < 1.29 is 4.79 Å². The summed E-state index contributed by atoms with van der Waals surface area (Å²) in [6.07, 6.45) is 1.26. The number of thiophene rings is 1. The predicted octanol–water partition coefficient (Wildman–Crippen LogP) is 3.64. The largest absolute Gasteiger partial charge is 0.351 e. The molecule has 0 radical (unpaired) electrons. The number of hydrogen-bond donors (Lipinski definition) is 1. The number of aromatic nitrogens is 1. The molecule has 0 saturated heterocycles. The van der Waals surface area contributed by atoms with E-state index in [1.807, 2.05) is 18.5 Å². The SMILES string of the molecule is Cn1c(CNC(=O)CCc2ccsc2)cc(Cl)c1Cl. The fourth-order valence-corrected chi connectivity index (χ4v) is 2.85. The quantitative estimate of drug-likeness (QED) is 0.897. The molecule has 3 nitrogen and oxygen atoms in total. The molecule has 2 aromatic rings. The Morgan fingerprint density at radius 2 is 2.26 bits per heavy atom. The van der Waals surface area contributed by atoms with Gasteiger partial charge in [0.1, 0.15) is 5.15 Å². The lowest BCUT2D eigenvalue weighted by Crippen LogP contribution is -2.24. The third-order valence-corrected chi connectivity index (χ3v) is 4.48. The van der Waals surface area contributed by atoms with Crippen LogP contribution in [-0.4, -0.2) is 10.5 Å². The summed E-state index contributed by atoms with van der Waals surface area (Å²) in [7, 11) is 1.82. The average Bonchev–Trinajstić information content (AvgIpc) is 2.99. The second kappa shape index (κ2) is 6.46. The van der Waals surface area contributed by atoms with Gasteiger partial charge in [-0.15, -0.1) is 0 Å². The zero-order valence-electron chi connectivity index (χ0n) is 10.5. The van der Waals surface area contributed by atoms with Gasteiger partial charge in [-0.25, -0.2) is 0 Å². The Bertz CT molecular complexity index is 563. The monoisotopic (exact) mass is 316 g/mol. The first kappa shape index (κ1) is 14.4. The van der Waals surface area contributed by atoms with Crippen LogP contribution in [0.4, 0.5) is 0 Å². The summed E-state index contributed by atoms with van der Waals surface area (Å²) in [5, 5.41) is 7.94. The van der Waals surface area contributed by atoms with E-state index in [0.29, 0.717) is 23.1 Å². The first-order chi connectivity index (χ1) is 9.08. The molecular weight excluding hydrogens is 303 g/mol. The van der Waals surface area contributed by atoms with Crippen LogP contribution >= 0.6 is 34.5 Å². The predicted molar refractivity (Wildman–Crippen MR) is 79.9 cm³/mol. The molecule has 19 heavy (non-hydrogen) atoms. The molecule has 102 valence electrons. The first-order valence-electron chi connectivity index (χ1n) is 5.85. The standard InChI is InChI=1S/C13H14Cl2N2OS/c1-17-10(6-11(14)13(17)15)7-16-12(18)3-2-9-4-5-19-8-9/h4-6,8H,2-3,7H2,1H3,(H,16,18). The third kappa shape index (κ3) is 3.75. The van der Waals surface area contributed by atoms with Gasteiger partial charge in [0, 0.05) is 19.2 Å². The van der Waals surface area contributed by atoms with Crippen LogP contribution in [0.2, 0.25) is 10.2 Å². The first-order valence-corrected chi connectivity index (χ1v) is 7.55. The molecule has 0 aliphatic heterocycles. The van der Waals surface area contributed by atoms with Gasteiger partial charge in [0.25, 0.3) is 0 Å². The maximum Gasteiger partial charge on any atom is 0.220 e. The van der Waals surface area contributed by atoms with Gasteiger partial charge >= 0.3 is 0 Å². The maximum atomic E-state index is 11.7. The smallest absolute Gasteiger partial charge is 0.220 e. The van der Waals surface area contributed by atoms with Crippen molar-refractivity contribution in [1.29, 1.82) is 0 Å². The molecule has 0 bridgehead atoms. The Kier molecular flexibility index (Phi) is 4.91. The fourth-order valence-electron chi connectivity index (χ4n) is 1.73. The highest BCUT2D eigenvalue weighted by Gasteiger charge is 2.10. The van der Waals surface area contributed by atoms with Crippen LogP contribution in [0.5, 0.6) is 0 Å². The average molecular weight is 317 g/mol. The highest BCUT2D eigenvalue weighted by Crippen LogP contribution is 2.24. The van der Waals surface area contributed by atoms with E-state index in [2.05, 4.69) is 10.7 Å². The number of aryl methyl sites for hydroxylation is 1. The van der Waals surface area contributed by atoms with E-state index < -0.39 is 0 Å². The second-order valence-corrected chi connectivity index (χ2v) is 5.79. The van der Waals surface area contributed by atoms with Crippen molar-refractivity contribution >= 4 is 40.4 Å². The van der Waals surface area contributed by atoms with E-state index in [-0.39, 0.29) is 5.91 Å². The van der Waals surface area contributed by atoms with Gasteiger partial charge in [0.15, 0.2) is 0 Å². The number of amides is 1. The van der Waals surface area contributed by atoms with E-state index in [0.717, 1.165) is 12.1 Å². The summed E-state index contributed by atoms with van der Waals surface area (Å²) in [5.41, 5.74) is 2.09. The molecule has 2 aromatic heterocycles. The molecule has 2 rings (SSSR count). The van der Waals surface area contributed by atoms with E-state index in [1.165, 1.54) is 5.56 Å². The Labute approximate surface area is 126 Å². The van der Waals surface area contributed by atoms with Crippen molar-refractivity contribution in [3.63, 3.8) is 0 Å². The van der Waals surface area contributed by atoms with E-state index in [9.17, 15) is 4.79 Å². The van der Waals surface area contributed by atoms with Gasteiger partial charge in [-0.2, -0.15) is 11.3 Å². The molecule has 1 N–H and O–H groups in total. The number of nitrogens with zero attached hydrogens (tertiary/aromatic N) is 1. The zero-order chi connectivity index (χ0) is 13.8. The van der Waals surface area contributed by atoms with Gasteiger partial charge < -0.3 is 9.88 Å². The minimum Gasteiger partial charge on any atom is -0.351 e. The Balaban J connectivity index is 1.81. The van der Waals surface area contributed by atoms with Gasteiger partial charge in [-0.1, -0.05) is 23.2 Å². The number of hydrogen-bond acceptors (Lipinski definition) is 2. The van der Waals surface area contributed by atoms with Crippen LogP contribution in [0.15, 0.2) is 22.9 Å². The molecule has 0 unspecified atom stereocenters. The maximum absolute atomic E-state index is 11.7. The molecule has 2 heterocycles. The number of rotatable bonds is 5. The van der Waals surface area contributed by atoms with Gasteiger partial charge in [-0.3, -0.25) is 4.79 Å². The zero-order valence-corrected chi connectivity index (χ0v) is 12.8. The Morgan fingerprint density at radius 1 is 1.47 bits per heavy atom. The van der Waals surface area contributed by atoms with Crippen molar-refractivity contribution in [2.24, 2.45) is 7.05 Å². The molecular formula is C13H14Cl2N2OS. The fraction of sp³-hybridized carbons (Fsp3) is 0.308. The normalized spacial score (nSPS) is 10.7. The summed E-state index contributed by atoms with van der Waals surface area (Å²) < 4.78 is 1.77. The number of carbonyl (C=O) groups is 1. The number of nitrogens with one attached hydrogen (secondary N) is 1. The van der Waals surface area contributed by atoms with Crippen molar-refractivity contribution in [2.75, 3.05) is 0 Å². The van der Waals surface area contributed by atoms with Crippen LogP contribution in [0.1, 0.15) is 17.7 Å². The van der Waals surface area contributed by atoms with Crippen LogP contribution in [0.25, 0.3) is 0 Å². The number of carbonyl (C=O) groups excluding carboxylic acids is 1. The van der Waals surface area contributed by atoms with Crippen LogP contribution in [0.3, 0.4) is 0 Å². The third-order valence-electron chi connectivity index (χ3n) is 2.90. The second-order valence-electron chi connectivity index (χ2n) is 4.24. The van der Waals surface area contributed by atoms with Crippen molar-refractivity contribution in [2.45, 2.75) is 19.4 Å². The molecule has 1 amide bonds. The topological polar surface area (TPSA) is 34.0 Å². The summed E-state index contributed by atoms with van der Waals surface area (Å²) in [6, 6.07) is 3.80. The molecule has 0 aromatic carbocycles. The van der Waals surface area contributed by atoms with E-state index in [4.69, 9.17) is 23.2 Å². The van der Waals surface area contributed by atoms with Gasteiger partial charge in [-0.05, 0) is 34.9 Å². The van der Waals surface area contributed by atoms with Gasteiger partial charge in [0.05, 0.1) is 11.6 Å². The Hall–Kier alpha value is -0.970. The molecule has 0 fully saturated rings. The molecule has 0 spiro atoms. The summed E-state index contributed by atoms with van der Waals surface area (Å²) in [6.45, 7) is 0.436. The highest BCUT2D eigenvalue weighted by atomic mass is 35.5. The highest BCUT2D eigenvalue weighted by molar-refractivity contribution is 7.07. The summed E-state index contributed by atoms with van der Waals surface area (Å²) in [4.78, 5) is 11.7. The molecule has 0 atom stereocenters. The number of halogens is 2. The Morgan fingerprint density at radius 3 is 2.84 bits per heavy atom. The van der Waals surface area contributed by atoms with Gasteiger partial charge in [0.2, 0.25) is 5.91 Å². The van der Waals surface area contributed by atoms with Crippen molar-refractivity contribution in [1.82, 2.24) is 9.88 Å². The van der Waals surface area contributed by atoms with E-state index in [1.54, 1.807) is 22.0 Å². The summed E-state index contributed by atoms with van der Waals surface area (Å²) >= 11 is 13.5. The molecule has 6 heteroatoms. The van der Waals surface area contributed by atoms with Crippen LogP contribution in [-0.2, 0) is 24.8 Å². The lowest BCUT2D eigenvalue weighted by molar-refractivity contribution is -0.121. The van der Waals surface area contributed by atoms with Crippen LogP contribution < -0.4 is 5.32 Å². The summed E-state index contributed by atoms with van der Waals surface area (Å²) in [5.74, 6) is 0.0274. The molecule has 0 saturated carbocycles. The minimum atomic E-state index is 0.0274. The lowest BCUT2D eigenvalue weighted by atomic mass is 10.2.